The molecule has 0 bridgehead atoms. The predicted octanol–water partition coefficient (Wildman–Crippen LogP) is 5.42. The predicted molar refractivity (Wildman–Crippen MR) is 83.0 cm³/mol. The number of halogens is 3. The van der Waals surface area contributed by atoms with E-state index in [-0.39, 0.29) is 5.43 Å². The summed E-state index contributed by atoms with van der Waals surface area (Å²) in [5, 5.41) is 1.68. The molecule has 0 radical (unpaired) electrons. The van der Waals surface area contributed by atoms with E-state index in [1.165, 1.54) is 6.07 Å². The van der Waals surface area contributed by atoms with E-state index in [1.54, 1.807) is 36.4 Å². The molecule has 1 heterocycles. The second-order valence-electron chi connectivity index (χ2n) is 4.25. The van der Waals surface area contributed by atoms with E-state index >= 15 is 0 Å². The molecule has 5 heteroatoms. The molecule has 2 aromatic carbocycles. The summed E-state index contributed by atoms with van der Waals surface area (Å²) in [6, 6.07) is 11.5. The number of fused-ring (bicyclic) bond motifs is 1. The minimum atomic E-state index is -0.194. The van der Waals surface area contributed by atoms with Gasteiger partial charge in [0.2, 0.25) is 0 Å². The highest BCUT2D eigenvalue weighted by molar-refractivity contribution is 6.38. The van der Waals surface area contributed by atoms with Gasteiger partial charge in [-0.15, -0.1) is 0 Å². The second kappa shape index (κ2) is 5.13. The lowest BCUT2D eigenvalue weighted by Gasteiger charge is -2.05. The summed E-state index contributed by atoms with van der Waals surface area (Å²) < 4.78 is 5.72. The first kappa shape index (κ1) is 13.5. The van der Waals surface area contributed by atoms with Crippen molar-refractivity contribution in [2.45, 2.75) is 0 Å². The molecule has 0 fully saturated rings. The fourth-order valence-electron chi connectivity index (χ4n) is 1.94. The highest BCUT2D eigenvalue weighted by Gasteiger charge is 2.11. The second-order valence-corrected chi connectivity index (χ2v) is 5.53. The van der Waals surface area contributed by atoms with E-state index in [0.717, 1.165) is 5.56 Å². The number of benzene rings is 2. The van der Waals surface area contributed by atoms with Crippen molar-refractivity contribution in [3.63, 3.8) is 0 Å². The van der Waals surface area contributed by atoms with Crippen LogP contribution < -0.4 is 5.43 Å². The quantitative estimate of drug-likeness (QED) is 0.598. The van der Waals surface area contributed by atoms with Crippen LogP contribution >= 0.6 is 34.8 Å². The molecule has 0 amide bonds. The zero-order valence-electron chi connectivity index (χ0n) is 9.99. The topological polar surface area (TPSA) is 30.2 Å². The Balaban J connectivity index is 2.29. The van der Waals surface area contributed by atoms with Gasteiger partial charge >= 0.3 is 0 Å². The van der Waals surface area contributed by atoms with E-state index in [2.05, 4.69) is 0 Å². The Kier molecular flexibility index (Phi) is 3.47. The molecule has 0 saturated carbocycles. The van der Waals surface area contributed by atoms with Gasteiger partial charge in [-0.25, -0.2) is 0 Å². The molecule has 0 aliphatic rings. The van der Waals surface area contributed by atoms with Crippen molar-refractivity contribution in [1.29, 1.82) is 0 Å². The van der Waals surface area contributed by atoms with Crippen LogP contribution in [0.25, 0.3) is 22.3 Å². The normalized spacial score (nSPS) is 10.9. The molecule has 0 aliphatic heterocycles. The number of hydrogen-bond acceptors (Lipinski definition) is 2. The van der Waals surface area contributed by atoms with Crippen molar-refractivity contribution >= 4 is 45.8 Å². The van der Waals surface area contributed by atoms with Crippen LogP contribution in [0.1, 0.15) is 0 Å². The summed E-state index contributed by atoms with van der Waals surface area (Å²) in [4.78, 5) is 12.1. The Morgan fingerprint density at radius 2 is 1.55 bits per heavy atom. The van der Waals surface area contributed by atoms with E-state index in [9.17, 15) is 4.79 Å². The lowest BCUT2D eigenvalue weighted by Crippen LogP contribution is -2.00. The summed E-state index contributed by atoms with van der Waals surface area (Å²) >= 11 is 17.8. The lowest BCUT2D eigenvalue weighted by molar-refractivity contribution is 0.619. The third-order valence-electron chi connectivity index (χ3n) is 2.88. The van der Waals surface area contributed by atoms with Gasteiger partial charge in [0.1, 0.15) is 5.76 Å². The first-order valence-corrected chi connectivity index (χ1v) is 6.87. The summed E-state index contributed by atoms with van der Waals surface area (Å²) in [5.74, 6) is 0.434. The van der Waals surface area contributed by atoms with Crippen LogP contribution in [0, 0.1) is 0 Å². The summed E-state index contributed by atoms with van der Waals surface area (Å²) in [6.07, 6.45) is 0. The van der Waals surface area contributed by atoms with Gasteiger partial charge in [-0.2, -0.15) is 0 Å². The van der Waals surface area contributed by atoms with Crippen molar-refractivity contribution in [2.24, 2.45) is 0 Å². The Hall–Kier alpha value is -1.48. The molecule has 0 unspecified atom stereocenters. The smallest absolute Gasteiger partial charge is 0.193 e. The third-order valence-corrected chi connectivity index (χ3v) is 3.63. The Labute approximate surface area is 129 Å². The maximum absolute atomic E-state index is 12.1. The zero-order chi connectivity index (χ0) is 14.3. The number of rotatable bonds is 1. The fourth-order valence-corrected chi connectivity index (χ4v) is 2.60. The Morgan fingerprint density at radius 1 is 0.850 bits per heavy atom. The monoisotopic (exact) mass is 324 g/mol. The van der Waals surface area contributed by atoms with Gasteiger partial charge in [-0.3, -0.25) is 4.79 Å². The minimum Gasteiger partial charge on any atom is -0.454 e. The standard InChI is InChI=1S/C15H7Cl3O2/c16-9-3-1-8(2-4-9)14-7-13(19)11-5-10(17)6-12(18)15(11)20-14/h1-7H. The van der Waals surface area contributed by atoms with Gasteiger partial charge in [0.05, 0.1) is 10.4 Å². The summed E-state index contributed by atoms with van der Waals surface area (Å²) in [6.45, 7) is 0. The molecule has 0 atom stereocenters. The molecule has 3 rings (SSSR count). The van der Waals surface area contributed by atoms with Crippen LogP contribution in [0.4, 0.5) is 0 Å². The first-order valence-electron chi connectivity index (χ1n) is 5.73. The SMILES string of the molecule is O=c1cc(-c2ccc(Cl)cc2)oc2c(Cl)cc(Cl)cc12. The van der Waals surface area contributed by atoms with Gasteiger partial charge < -0.3 is 4.42 Å². The van der Waals surface area contributed by atoms with Crippen LogP contribution in [-0.4, -0.2) is 0 Å². The molecule has 1 aromatic heterocycles. The van der Waals surface area contributed by atoms with Gasteiger partial charge in [0, 0.05) is 21.7 Å². The molecule has 3 aromatic rings. The highest BCUT2D eigenvalue weighted by Crippen LogP contribution is 2.30. The molecule has 0 aliphatic carbocycles. The molecule has 20 heavy (non-hydrogen) atoms. The largest absolute Gasteiger partial charge is 0.454 e. The van der Waals surface area contributed by atoms with Crippen molar-refractivity contribution < 1.29 is 4.42 Å². The van der Waals surface area contributed by atoms with Gasteiger partial charge in [0.15, 0.2) is 11.0 Å². The zero-order valence-corrected chi connectivity index (χ0v) is 12.3. The van der Waals surface area contributed by atoms with Crippen molar-refractivity contribution in [3.05, 3.63) is 67.8 Å². The van der Waals surface area contributed by atoms with Crippen molar-refractivity contribution in [2.75, 3.05) is 0 Å². The van der Waals surface area contributed by atoms with Crippen LogP contribution in [0.5, 0.6) is 0 Å². The molecule has 0 saturated heterocycles. The lowest BCUT2D eigenvalue weighted by atomic mass is 10.1. The highest BCUT2D eigenvalue weighted by atomic mass is 35.5. The maximum Gasteiger partial charge on any atom is 0.193 e. The van der Waals surface area contributed by atoms with Gasteiger partial charge in [-0.1, -0.05) is 34.8 Å². The Bertz CT molecular complexity index is 851. The van der Waals surface area contributed by atoms with Crippen LogP contribution in [-0.2, 0) is 0 Å². The van der Waals surface area contributed by atoms with Crippen molar-refractivity contribution in [1.82, 2.24) is 0 Å². The number of hydrogen-bond donors (Lipinski definition) is 0. The molecular formula is C15H7Cl3O2. The van der Waals surface area contributed by atoms with Crippen LogP contribution in [0.2, 0.25) is 15.1 Å². The molecule has 0 spiro atoms. The molecule has 100 valence electrons. The summed E-state index contributed by atoms with van der Waals surface area (Å²) in [5.41, 5.74) is 0.883. The Morgan fingerprint density at radius 3 is 2.25 bits per heavy atom. The van der Waals surface area contributed by atoms with E-state index in [0.29, 0.717) is 31.8 Å². The molecule has 2 nitrogen and oxygen atoms in total. The molecular weight excluding hydrogens is 319 g/mol. The fraction of sp³-hybridized carbons (Fsp3) is 0. The third kappa shape index (κ3) is 2.42. The maximum atomic E-state index is 12.1. The van der Waals surface area contributed by atoms with Gasteiger partial charge in [0.25, 0.3) is 0 Å². The van der Waals surface area contributed by atoms with Crippen LogP contribution in [0.15, 0.2) is 51.7 Å². The summed E-state index contributed by atoms with van der Waals surface area (Å²) in [7, 11) is 0. The van der Waals surface area contributed by atoms with E-state index in [4.69, 9.17) is 39.2 Å². The average Bonchev–Trinajstić information content (AvgIpc) is 2.40. The van der Waals surface area contributed by atoms with E-state index in [1.807, 2.05) is 0 Å². The van der Waals surface area contributed by atoms with E-state index < -0.39 is 0 Å². The average molecular weight is 326 g/mol. The minimum absolute atomic E-state index is 0.194. The van der Waals surface area contributed by atoms with Crippen molar-refractivity contribution in [3.8, 4) is 11.3 Å². The van der Waals surface area contributed by atoms with Gasteiger partial charge in [-0.05, 0) is 36.4 Å². The first-order chi connectivity index (χ1) is 9.54. The molecule has 0 N–H and O–H groups in total. The van der Waals surface area contributed by atoms with Crippen LogP contribution in [0.3, 0.4) is 0 Å².